The normalized spacial score (nSPS) is 9.76. The van der Waals surface area contributed by atoms with Gasteiger partial charge in [-0.1, -0.05) is 12.1 Å². The number of benzene rings is 2. The van der Waals surface area contributed by atoms with E-state index in [1.165, 1.54) is 18.2 Å². The molecule has 0 aliphatic heterocycles. The van der Waals surface area contributed by atoms with E-state index in [-0.39, 0.29) is 12.4 Å². The fraction of sp³-hybridized carbons (Fsp3) is 0.0667. The maximum absolute atomic E-state index is 13.3. The fourth-order valence-electron chi connectivity index (χ4n) is 1.58. The highest BCUT2D eigenvalue weighted by molar-refractivity contribution is 9.10. The van der Waals surface area contributed by atoms with E-state index in [2.05, 4.69) is 21.2 Å². The molecule has 0 aliphatic rings. The van der Waals surface area contributed by atoms with Crippen molar-refractivity contribution in [2.75, 3.05) is 11.9 Å². The quantitative estimate of drug-likeness (QED) is 0.919. The van der Waals surface area contributed by atoms with E-state index < -0.39 is 11.7 Å². The highest BCUT2D eigenvalue weighted by Crippen LogP contribution is 2.23. The third kappa shape index (κ3) is 4.04. The van der Waals surface area contributed by atoms with Crippen molar-refractivity contribution in [1.29, 1.82) is 5.26 Å². The lowest BCUT2D eigenvalue weighted by atomic mass is 10.2. The summed E-state index contributed by atoms with van der Waals surface area (Å²) in [4.78, 5) is 11.8. The maximum Gasteiger partial charge on any atom is 0.262 e. The van der Waals surface area contributed by atoms with Crippen LogP contribution in [0.1, 0.15) is 5.56 Å². The van der Waals surface area contributed by atoms with Crippen LogP contribution in [0.3, 0.4) is 0 Å². The number of ether oxygens (including phenoxy) is 1. The van der Waals surface area contributed by atoms with Gasteiger partial charge in [-0.25, -0.2) is 4.39 Å². The molecule has 0 saturated carbocycles. The van der Waals surface area contributed by atoms with Gasteiger partial charge >= 0.3 is 0 Å². The topological polar surface area (TPSA) is 62.1 Å². The van der Waals surface area contributed by atoms with E-state index in [1.54, 1.807) is 24.3 Å². The van der Waals surface area contributed by atoms with Crippen molar-refractivity contribution in [2.24, 2.45) is 0 Å². The van der Waals surface area contributed by atoms with Gasteiger partial charge in [0.2, 0.25) is 0 Å². The van der Waals surface area contributed by atoms with Gasteiger partial charge in [0.15, 0.2) is 18.2 Å². The Bertz CT molecular complexity index is 713. The summed E-state index contributed by atoms with van der Waals surface area (Å²) >= 11 is 3.26. The molecule has 1 amide bonds. The van der Waals surface area contributed by atoms with Gasteiger partial charge in [0.1, 0.15) is 0 Å². The largest absolute Gasteiger partial charge is 0.481 e. The van der Waals surface area contributed by atoms with Crippen molar-refractivity contribution in [2.45, 2.75) is 0 Å². The number of anilines is 1. The van der Waals surface area contributed by atoms with Gasteiger partial charge in [0.25, 0.3) is 5.91 Å². The zero-order valence-electron chi connectivity index (χ0n) is 10.8. The molecule has 6 heteroatoms. The van der Waals surface area contributed by atoms with Crippen molar-refractivity contribution < 1.29 is 13.9 Å². The summed E-state index contributed by atoms with van der Waals surface area (Å²) in [7, 11) is 0. The van der Waals surface area contributed by atoms with Gasteiger partial charge < -0.3 is 10.1 Å². The number of nitriles is 1. The second-order valence-corrected chi connectivity index (χ2v) is 4.93. The van der Waals surface area contributed by atoms with Gasteiger partial charge in [-0.15, -0.1) is 0 Å². The number of hydrogen-bond acceptors (Lipinski definition) is 3. The molecular weight excluding hydrogens is 339 g/mol. The number of nitrogens with zero attached hydrogens (tertiary/aromatic N) is 1. The number of carbonyl (C=O) groups excluding carboxylic acids is 1. The summed E-state index contributed by atoms with van der Waals surface area (Å²) < 4.78 is 19.0. The van der Waals surface area contributed by atoms with Crippen molar-refractivity contribution >= 4 is 27.5 Å². The van der Waals surface area contributed by atoms with E-state index in [4.69, 9.17) is 10.00 Å². The third-order valence-electron chi connectivity index (χ3n) is 2.57. The van der Waals surface area contributed by atoms with Crippen molar-refractivity contribution in [3.05, 3.63) is 58.3 Å². The Kier molecular flexibility index (Phi) is 4.90. The lowest BCUT2D eigenvalue weighted by molar-refractivity contribution is -0.118. The van der Waals surface area contributed by atoms with Crippen LogP contribution >= 0.6 is 15.9 Å². The summed E-state index contributed by atoms with van der Waals surface area (Å²) in [5.74, 6) is -0.931. The number of nitrogens with one attached hydrogen (secondary N) is 1. The van der Waals surface area contributed by atoms with Gasteiger partial charge in [-0.3, -0.25) is 4.79 Å². The first-order chi connectivity index (χ1) is 10.1. The van der Waals surface area contributed by atoms with Crippen molar-refractivity contribution in [1.82, 2.24) is 0 Å². The van der Waals surface area contributed by atoms with Crippen LogP contribution in [0, 0.1) is 17.1 Å². The Balaban J connectivity index is 1.96. The summed E-state index contributed by atoms with van der Waals surface area (Å²) in [5, 5.41) is 11.4. The molecule has 4 nitrogen and oxygen atoms in total. The predicted molar refractivity (Wildman–Crippen MR) is 79.4 cm³/mol. The molecule has 0 heterocycles. The standard InChI is InChI=1S/C15H10BrFN2O2/c16-11-7-10(8-18)5-6-13(11)19-15(20)9-21-14-4-2-1-3-12(14)17/h1-7H,9H2,(H,19,20). The van der Waals surface area contributed by atoms with E-state index in [1.807, 2.05) is 6.07 Å². The second-order valence-electron chi connectivity index (χ2n) is 4.07. The number of hydrogen-bond donors (Lipinski definition) is 1. The molecule has 0 unspecified atom stereocenters. The van der Waals surface area contributed by atoms with E-state index >= 15 is 0 Å². The first-order valence-corrected chi connectivity index (χ1v) is 6.76. The number of carbonyl (C=O) groups is 1. The summed E-state index contributed by atoms with van der Waals surface area (Å²) in [6.07, 6.45) is 0. The molecule has 0 fully saturated rings. The average Bonchev–Trinajstić information content (AvgIpc) is 2.48. The Hall–Kier alpha value is -2.39. The van der Waals surface area contributed by atoms with E-state index in [0.717, 1.165) is 0 Å². The highest BCUT2D eigenvalue weighted by atomic mass is 79.9. The number of rotatable bonds is 4. The number of para-hydroxylation sites is 1. The molecule has 0 aliphatic carbocycles. The lowest BCUT2D eigenvalue weighted by Crippen LogP contribution is -2.20. The van der Waals surface area contributed by atoms with Crippen molar-refractivity contribution in [3.8, 4) is 11.8 Å². The maximum atomic E-state index is 13.3. The first-order valence-electron chi connectivity index (χ1n) is 5.97. The minimum atomic E-state index is -0.523. The Morgan fingerprint density at radius 1 is 1.33 bits per heavy atom. The van der Waals surface area contributed by atoms with Crippen LogP contribution in [0.25, 0.3) is 0 Å². The molecule has 1 N–H and O–H groups in total. The molecule has 0 bridgehead atoms. The molecule has 0 atom stereocenters. The summed E-state index contributed by atoms with van der Waals surface area (Å²) in [6.45, 7) is -0.312. The zero-order valence-corrected chi connectivity index (χ0v) is 12.4. The van der Waals surface area contributed by atoms with Crippen LogP contribution < -0.4 is 10.1 Å². The Labute approximate surface area is 129 Å². The summed E-state index contributed by atoms with van der Waals surface area (Å²) in [5.41, 5.74) is 0.985. The molecule has 0 aromatic heterocycles. The molecule has 0 radical (unpaired) electrons. The highest BCUT2D eigenvalue weighted by Gasteiger charge is 2.09. The molecule has 2 aromatic carbocycles. The predicted octanol–water partition coefficient (Wildman–Crippen LogP) is 3.48. The molecule has 106 valence electrons. The van der Waals surface area contributed by atoms with Crippen LogP contribution in [-0.4, -0.2) is 12.5 Å². The average molecular weight is 349 g/mol. The van der Waals surface area contributed by atoms with Crippen LogP contribution in [-0.2, 0) is 4.79 Å². The molecule has 2 aromatic rings. The number of halogens is 2. The first kappa shape index (κ1) is 15.0. The van der Waals surface area contributed by atoms with E-state index in [0.29, 0.717) is 15.7 Å². The van der Waals surface area contributed by atoms with E-state index in [9.17, 15) is 9.18 Å². The van der Waals surface area contributed by atoms with Crippen LogP contribution in [0.4, 0.5) is 10.1 Å². The summed E-state index contributed by atoms with van der Waals surface area (Å²) in [6, 6.07) is 12.6. The van der Waals surface area contributed by atoms with Crippen LogP contribution in [0.5, 0.6) is 5.75 Å². The minimum Gasteiger partial charge on any atom is -0.481 e. The minimum absolute atomic E-state index is 0.0199. The third-order valence-corrected chi connectivity index (χ3v) is 3.22. The molecular formula is C15H10BrFN2O2. The molecule has 21 heavy (non-hydrogen) atoms. The fourth-order valence-corrected chi connectivity index (χ4v) is 2.06. The Morgan fingerprint density at radius 3 is 2.76 bits per heavy atom. The van der Waals surface area contributed by atoms with Gasteiger partial charge in [-0.05, 0) is 46.3 Å². The van der Waals surface area contributed by atoms with Gasteiger partial charge in [0, 0.05) is 4.47 Å². The molecule has 0 saturated heterocycles. The van der Waals surface area contributed by atoms with Crippen LogP contribution in [0.15, 0.2) is 46.9 Å². The number of amides is 1. The van der Waals surface area contributed by atoms with Crippen LogP contribution in [0.2, 0.25) is 0 Å². The monoisotopic (exact) mass is 348 g/mol. The Morgan fingerprint density at radius 2 is 2.10 bits per heavy atom. The second kappa shape index (κ2) is 6.86. The molecule has 0 spiro atoms. The molecule has 2 rings (SSSR count). The zero-order chi connectivity index (χ0) is 15.2. The van der Waals surface area contributed by atoms with Gasteiger partial charge in [-0.2, -0.15) is 5.26 Å². The smallest absolute Gasteiger partial charge is 0.262 e. The lowest BCUT2D eigenvalue weighted by Gasteiger charge is -2.09. The van der Waals surface area contributed by atoms with Gasteiger partial charge in [0.05, 0.1) is 17.3 Å². The SMILES string of the molecule is N#Cc1ccc(NC(=O)COc2ccccc2F)c(Br)c1. The van der Waals surface area contributed by atoms with Crippen molar-refractivity contribution in [3.63, 3.8) is 0 Å².